The van der Waals surface area contributed by atoms with Crippen molar-refractivity contribution in [3.8, 4) is 0 Å². The summed E-state index contributed by atoms with van der Waals surface area (Å²) in [4.78, 5) is 20.2. The molecule has 2 saturated carbocycles. The minimum absolute atomic E-state index is 0.0184. The van der Waals surface area contributed by atoms with E-state index in [4.69, 9.17) is 11.5 Å². The van der Waals surface area contributed by atoms with Gasteiger partial charge in [0.15, 0.2) is 5.16 Å². The number of fused-ring (bicyclic) bond motifs is 2. The number of amides is 1. The lowest BCUT2D eigenvalue weighted by Crippen LogP contribution is -2.40. The minimum atomic E-state index is 0.0184. The molecule has 2 fully saturated rings. The van der Waals surface area contributed by atoms with Crippen molar-refractivity contribution in [1.82, 2.24) is 15.3 Å². The molecule has 1 aromatic heterocycles. The first-order valence-corrected chi connectivity index (χ1v) is 8.82. The zero-order valence-corrected chi connectivity index (χ0v) is 13.6. The van der Waals surface area contributed by atoms with E-state index in [1.807, 2.05) is 0 Å². The fourth-order valence-electron chi connectivity index (χ4n) is 3.97. The largest absolute Gasteiger partial charge is 0.383 e. The van der Waals surface area contributed by atoms with E-state index in [1.54, 1.807) is 0 Å². The van der Waals surface area contributed by atoms with Crippen LogP contribution in [0, 0.1) is 17.8 Å². The number of carbonyl (C=O) groups excluding carboxylic acids is 1. The summed E-state index contributed by atoms with van der Waals surface area (Å²) in [5.74, 6) is 3.30. The summed E-state index contributed by atoms with van der Waals surface area (Å²) in [7, 11) is 0. The topological polar surface area (TPSA) is 107 Å². The Kier molecular flexibility index (Phi) is 4.42. The molecule has 2 aliphatic rings. The molecule has 6 nitrogen and oxygen atoms in total. The molecule has 0 aromatic carbocycles. The van der Waals surface area contributed by atoms with E-state index in [2.05, 4.69) is 22.2 Å². The van der Waals surface area contributed by atoms with Crippen LogP contribution in [-0.4, -0.2) is 27.7 Å². The number of nitrogens with one attached hydrogen (secondary N) is 1. The molecule has 120 valence electrons. The van der Waals surface area contributed by atoms with Gasteiger partial charge in [0.2, 0.25) is 5.91 Å². The maximum Gasteiger partial charge on any atom is 0.230 e. The third kappa shape index (κ3) is 3.45. The maximum absolute atomic E-state index is 12.1. The third-order valence-corrected chi connectivity index (χ3v) is 5.75. The molecule has 0 spiro atoms. The van der Waals surface area contributed by atoms with Crippen LogP contribution in [0.25, 0.3) is 0 Å². The minimum Gasteiger partial charge on any atom is -0.383 e. The van der Waals surface area contributed by atoms with Gasteiger partial charge in [-0.15, -0.1) is 0 Å². The normalized spacial score (nSPS) is 27.8. The molecule has 1 amide bonds. The lowest BCUT2D eigenvalue weighted by atomic mass is 9.84. The van der Waals surface area contributed by atoms with Gasteiger partial charge in [0.25, 0.3) is 0 Å². The molecule has 0 radical (unpaired) electrons. The van der Waals surface area contributed by atoms with Crippen molar-refractivity contribution in [1.29, 1.82) is 0 Å². The summed E-state index contributed by atoms with van der Waals surface area (Å²) >= 11 is 1.26. The molecule has 1 heterocycles. The van der Waals surface area contributed by atoms with Crippen LogP contribution < -0.4 is 16.8 Å². The number of rotatable bonds is 5. The number of nitrogens with two attached hydrogens (primary N) is 2. The van der Waals surface area contributed by atoms with E-state index in [-0.39, 0.29) is 17.7 Å². The van der Waals surface area contributed by atoms with E-state index in [0.29, 0.717) is 22.7 Å². The third-order valence-electron chi connectivity index (χ3n) is 4.90. The number of anilines is 2. The highest BCUT2D eigenvalue weighted by atomic mass is 32.2. The summed E-state index contributed by atoms with van der Waals surface area (Å²) in [5.41, 5.74) is 11.2. The summed E-state index contributed by atoms with van der Waals surface area (Å²) in [6.07, 6.45) is 5.34. The van der Waals surface area contributed by atoms with Crippen LogP contribution in [0.4, 0.5) is 11.6 Å². The number of nitrogen functional groups attached to an aromatic ring is 2. The van der Waals surface area contributed by atoms with Crippen LogP contribution in [0.15, 0.2) is 11.2 Å². The Morgan fingerprint density at radius 2 is 2.09 bits per heavy atom. The second-order valence-electron chi connectivity index (χ2n) is 6.48. The average Bonchev–Trinajstić information content (AvgIpc) is 3.06. The standard InChI is InChI=1S/C15H23N5OS/c1-8(11-5-9-2-3-10(11)4-9)18-14(21)7-22-15-19-12(16)6-13(17)20-15/h6,8-11H,2-5,7H2,1H3,(H,18,21)(H4,16,17,19,20). The highest BCUT2D eigenvalue weighted by molar-refractivity contribution is 7.99. The van der Waals surface area contributed by atoms with Crippen LogP contribution in [0.2, 0.25) is 0 Å². The molecule has 2 aliphatic carbocycles. The number of carbonyl (C=O) groups is 1. The molecule has 1 aromatic rings. The van der Waals surface area contributed by atoms with E-state index in [9.17, 15) is 4.79 Å². The quantitative estimate of drug-likeness (QED) is 0.562. The smallest absolute Gasteiger partial charge is 0.230 e. The van der Waals surface area contributed by atoms with Gasteiger partial charge >= 0.3 is 0 Å². The van der Waals surface area contributed by atoms with Crippen molar-refractivity contribution < 1.29 is 4.79 Å². The SMILES string of the molecule is CC(NC(=O)CSc1nc(N)cc(N)n1)C1CC2CCC1C2. The second-order valence-corrected chi connectivity index (χ2v) is 7.43. The first-order valence-electron chi connectivity index (χ1n) is 7.83. The molecule has 4 unspecified atom stereocenters. The monoisotopic (exact) mass is 321 g/mol. The number of thioether (sulfide) groups is 1. The number of hydrogen-bond acceptors (Lipinski definition) is 6. The molecule has 0 aliphatic heterocycles. The van der Waals surface area contributed by atoms with Gasteiger partial charge in [-0.3, -0.25) is 4.79 Å². The molecular weight excluding hydrogens is 298 g/mol. The Hall–Kier alpha value is -1.50. The molecular formula is C15H23N5OS. The van der Waals surface area contributed by atoms with Crippen LogP contribution in [0.1, 0.15) is 32.6 Å². The molecule has 3 rings (SSSR count). The summed E-state index contributed by atoms with van der Waals surface area (Å²) in [6.45, 7) is 2.13. The zero-order chi connectivity index (χ0) is 15.7. The van der Waals surface area contributed by atoms with E-state index < -0.39 is 0 Å². The number of hydrogen-bond donors (Lipinski definition) is 3. The fraction of sp³-hybridized carbons (Fsp3) is 0.667. The summed E-state index contributed by atoms with van der Waals surface area (Å²) in [6, 6.07) is 1.75. The molecule has 0 saturated heterocycles. The first-order chi connectivity index (χ1) is 10.5. The van der Waals surface area contributed by atoms with Gasteiger partial charge in [-0.25, -0.2) is 9.97 Å². The summed E-state index contributed by atoms with van der Waals surface area (Å²) in [5, 5.41) is 3.57. The van der Waals surface area contributed by atoms with Crippen LogP contribution in [0.5, 0.6) is 0 Å². The van der Waals surface area contributed by atoms with Gasteiger partial charge in [-0.2, -0.15) is 0 Å². The fourth-order valence-corrected chi connectivity index (χ4v) is 4.65. The Morgan fingerprint density at radius 1 is 1.36 bits per heavy atom. The molecule has 2 bridgehead atoms. The van der Waals surface area contributed by atoms with Crippen molar-refractivity contribution in [2.45, 2.75) is 43.8 Å². The van der Waals surface area contributed by atoms with Crippen molar-refractivity contribution in [3.63, 3.8) is 0 Å². The lowest BCUT2D eigenvalue weighted by Gasteiger charge is -2.28. The Morgan fingerprint density at radius 3 is 2.68 bits per heavy atom. The van der Waals surface area contributed by atoms with Gasteiger partial charge in [0.1, 0.15) is 11.6 Å². The van der Waals surface area contributed by atoms with Crippen LogP contribution in [0.3, 0.4) is 0 Å². The molecule has 5 N–H and O–H groups in total. The van der Waals surface area contributed by atoms with E-state index in [0.717, 1.165) is 11.8 Å². The average molecular weight is 321 g/mol. The van der Waals surface area contributed by atoms with E-state index in [1.165, 1.54) is 43.5 Å². The lowest BCUT2D eigenvalue weighted by molar-refractivity contribution is -0.119. The van der Waals surface area contributed by atoms with Crippen LogP contribution >= 0.6 is 11.8 Å². The first kappa shape index (κ1) is 15.4. The van der Waals surface area contributed by atoms with Gasteiger partial charge < -0.3 is 16.8 Å². The molecule has 4 atom stereocenters. The number of nitrogens with zero attached hydrogens (tertiary/aromatic N) is 2. The Labute approximate surface area is 134 Å². The van der Waals surface area contributed by atoms with Gasteiger partial charge in [-0.05, 0) is 43.9 Å². The highest BCUT2D eigenvalue weighted by Gasteiger charge is 2.42. The summed E-state index contributed by atoms with van der Waals surface area (Å²) < 4.78 is 0. The number of aromatic nitrogens is 2. The Bertz CT molecular complexity index is 547. The van der Waals surface area contributed by atoms with Gasteiger partial charge in [-0.1, -0.05) is 18.2 Å². The molecule has 7 heteroatoms. The predicted octanol–water partition coefficient (Wildman–Crippen LogP) is 1.67. The Balaban J connectivity index is 1.48. The van der Waals surface area contributed by atoms with Crippen molar-refractivity contribution in [3.05, 3.63) is 6.07 Å². The van der Waals surface area contributed by atoms with Crippen molar-refractivity contribution >= 4 is 29.3 Å². The van der Waals surface area contributed by atoms with E-state index >= 15 is 0 Å². The van der Waals surface area contributed by atoms with Crippen LogP contribution in [-0.2, 0) is 4.79 Å². The van der Waals surface area contributed by atoms with Gasteiger partial charge in [0.05, 0.1) is 5.75 Å². The van der Waals surface area contributed by atoms with Crippen molar-refractivity contribution in [2.75, 3.05) is 17.2 Å². The second kappa shape index (κ2) is 6.32. The van der Waals surface area contributed by atoms with Crippen molar-refractivity contribution in [2.24, 2.45) is 17.8 Å². The van der Waals surface area contributed by atoms with Gasteiger partial charge in [0, 0.05) is 12.1 Å². The predicted molar refractivity (Wildman–Crippen MR) is 88.1 cm³/mol. The zero-order valence-electron chi connectivity index (χ0n) is 12.8. The maximum atomic E-state index is 12.1. The highest BCUT2D eigenvalue weighted by Crippen LogP contribution is 2.49. The molecule has 22 heavy (non-hydrogen) atoms.